The summed E-state index contributed by atoms with van der Waals surface area (Å²) < 4.78 is 16.6. The largest absolute Gasteiger partial charge is 0.493 e. The first-order chi connectivity index (χ1) is 15.9. The minimum atomic E-state index is -0.777. The van der Waals surface area contributed by atoms with Crippen LogP contribution in [0, 0.1) is 21.4 Å². The van der Waals surface area contributed by atoms with Gasteiger partial charge in [0.1, 0.15) is 16.7 Å². The van der Waals surface area contributed by atoms with Gasteiger partial charge in [-0.25, -0.2) is 0 Å². The van der Waals surface area contributed by atoms with E-state index < -0.39 is 10.8 Å². The predicted molar refractivity (Wildman–Crippen MR) is 119 cm³/mol. The monoisotopic (exact) mass is 467 g/mol. The number of nitro groups is 1. The molecule has 168 valence electrons. The summed E-state index contributed by atoms with van der Waals surface area (Å²) in [6.45, 7) is 2.34. The summed E-state index contributed by atoms with van der Waals surface area (Å²) in [5.41, 5.74) is 7.96. The number of hydrogen-bond donors (Lipinski definition) is 2. The van der Waals surface area contributed by atoms with Crippen LogP contribution in [0.3, 0.4) is 0 Å². The molecule has 10 nitrogen and oxygen atoms in total. The molecule has 1 atom stereocenters. The van der Waals surface area contributed by atoms with Crippen molar-refractivity contribution in [3.63, 3.8) is 0 Å². The summed E-state index contributed by atoms with van der Waals surface area (Å²) in [6.07, 6.45) is 0. The predicted octanol–water partition coefficient (Wildman–Crippen LogP) is 4.26. The summed E-state index contributed by atoms with van der Waals surface area (Å²) >= 11 is 6.00. The fourth-order valence-electron chi connectivity index (χ4n) is 3.75. The molecule has 0 saturated carbocycles. The van der Waals surface area contributed by atoms with E-state index in [1.165, 1.54) is 19.2 Å². The third-order valence-corrected chi connectivity index (χ3v) is 5.51. The van der Waals surface area contributed by atoms with Crippen molar-refractivity contribution in [3.05, 3.63) is 74.1 Å². The lowest BCUT2D eigenvalue weighted by Gasteiger charge is -2.24. The van der Waals surface area contributed by atoms with Crippen molar-refractivity contribution < 1.29 is 19.1 Å². The second kappa shape index (κ2) is 8.72. The van der Waals surface area contributed by atoms with Crippen molar-refractivity contribution in [2.45, 2.75) is 12.8 Å². The Morgan fingerprint density at radius 2 is 2.12 bits per heavy atom. The topological polar surface area (TPSA) is 149 Å². The maximum absolute atomic E-state index is 11.5. The number of nitrogens with one attached hydrogen (secondary N) is 1. The molecule has 0 saturated heterocycles. The van der Waals surface area contributed by atoms with Gasteiger partial charge in [0.05, 0.1) is 35.8 Å². The third kappa shape index (κ3) is 3.79. The van der Waals surface area contributed by atoms with Crippen LogP contribution in [0.15, 0.2) is 47.9 Å². The van der Waals surface area contributed by atoms with Crippen LogP contribution in [-0.4, -0.2) is 28.8 Å². The highest BCUT2D eigenvalue weighted by Gasteiger charge is 2.36. The zero-order valence-electron chi connectivity index (χ0n) is 17.6. The number of halogens is 1. The number of aromatic nitrogens is 2. The highest BCUT2D eigenvalue weighted by molar-refractivity contribution is 6.32. The molecule has 4 rings (SSSR count). The third-order valence-electron chi connectivity index (χ3n) is 5.19. The molecule has 0 spiro atoms. The number of nitrogens with two attached hydrogens (primary N) is 1. The van der Waals surface area contributed by atoms with Gasteiger partial charge >= 0.3 is 0 Å². The van der Waals surface area contributed by atoms with Gasteiger partial charge in [-0.3, -0.25) is 15.2 Å². The molecule has 2 heterocycles. The van der Waals surface area contributed by atoms with Crippen LogP contribution in [0.4, 0.5) is 5.69 Å². The summed E-state index contributed by atoms with van der Waals surface area (Å²) in [6, 6.07) is 11.7. The van der Waals surface area contributed by atoms with E-state index in [0.29, 0.717) is 40.5 Å². The van der Waals surface area contributed by atoms with Crippen LogP contribution in [-0.2, 0) is 0 Å². The molecule has 1 aromatic heterocycles. The first-order valence-electron chi connectivity index (χ1n) is 9.80. The van der Waals surface area contributed by atoms with Gasteiger partial charge < -0.3 is 19.9 Å². The molecule has 0 fully saturated rings. The Hall–Kier alpha value is -4.23. The molecule has 0 amide bonds. The molecule has 1 aliphatic rings. The number of nitriles is 1. The van der Waals surface area contributed by atoms with Gasteiger partial charge in [0.15, 0.2) is 11.5 Å². The Morgan fingerprint density at radius 1 is 1.33 bits per heavy atom. The molecular weight excluding hydrogens is 450 g/mol. The van der Waals surface area contributed by atoms with Gasteiger partial charge in [-0.2, -0.15) is 5.26 Å². The number of hydrogen-bond acceptors (Lipinski definition) is 8. The Morgan fingerprint density at radius 3 is 2.79 bits per heavy atom. The number of allylic oxidation sites excluding steroid dienone is 1. The number of rotatable bonds is 6. The Kier molecular flexibility index (Phi) is 5.81. The van der Waals surface area contributed by atoms with Crippen LogP contribution in [0.25, 0.3) is 11.3 Å². The van der Waals surface area contributed by atoms with E-state index in [9.17, 15) is 15.4 Å². The molecule has 1 aliphatic heterocycles. The molecule has 0 bridgehead atoms. The van der Waals surface area contributed by atoms with Crippen LogP contribution < -0.4 is 19.9 Å². The zero-order chi connectivity index (χ0) is 23.7. The molecular formula is C22H18ClN5O5. The standard InChI is InChI=1S/C22H18ClN5O5/c1-3-32-16-7-5-12(9-17(16)31-2)20-19-18(11-4-6-14(23)15(8-11)28(29)30)13(10-24)21(25)33-22(19)27-26-20/h4-9,18H,3,25H2,1-2H3,(H,26,27)/t18-/m0/s1. The molecule has 11 heteroatoms. The highest BCUT2D eigenvalue weighted by Crippen LogP contribution is 2.47. The van der Waals surface area contributed by atoms with Gasteiger partial charge in [-0.15, -0.1) is 5.10 Å². The molecule has 33 heavy (non-hydrogen) atoms. The number of H-pyrrole nitrogens is 1. The number of fused-ring (bicyclic) bond motifs is 1. The minimum absolute atomic E-state index is 0.0184. The molecule has 0 aliphatic carbocycles. The van der Waals surface area contributed by atoms with Crippen molar-refractivity contribution in [2.24, 2.45) is 5.73 Å². The maximum Gasteiger partial charge on any atom is 0.288 e. The average molecular weight is 468 g/mol. The van der Waals surface area contributed by atoms with Crippen molar-refractivity contribution in [1.82, 2.24) is 10.2 Å². The number of aromatic amines is 1. The second-order valence-electron chi connectivity index (χ2n) is 7.01. The summed E-state index contributed by atoms with van der Waals surface area (Å²) in [5, 5.41) is 28.4. The Bertz CT molecular complexity index is 1330. The van der Waals surface area contributed by atoms with E-state index >= 15 is 0 Å². The highest BCUT2D eigenvalue weighted by atomic mass is 35.5. The lowest BCUT2D eigenvalue weighted by Crippen LogP contribution is -2.21. The number of nitrogens with zero attached hydrogens (tertiary/aromatic N) is 3. The van der Waals surface area contributed by atoms with Gasteiger partial charge in [-0.05, 0) is 36.8 Å². The fraction of sp³-hybridized carbons (Fsp3) is 0.182. The maximum atomic E-state index is 11.5. The molecule has 2 aromatic carbocycles. The summed E-state index contributed by atoms with van der Waals surface area (Å²) in [4.78, 5) is 10.9. The summed E-state index contributed by atoms with van der Waals surface area (Å²) in [7, 11) is 1.53. The number of nitro benzene ring substituents is 1. The van der Waals surface area contributed by atoms with Crippen molar-refractivity contribution >= 4 is 17.3 Å². The van der Waals surface area contributed by atoms with E-state index in [-0.39, 0.29) is 28.0 Å². The van der Waals surface area contributed by atoms with Gasteiger partial charge in [0, 0.05) is 11.6 Å². The SMILES string of the molecule is CCOc1ccc(-c2[nH]nc3c2[C@@H](c2ccc(Cl)c([N+](=O)[O-])c2)C(C#N)=C(N)O3)cc1OC. The van der Waals surface area contributed by atoms with E-state index in [4.69, 9.17) is 31.5 Å². The van der Waals surface area contributed by atoms with Crippen molar-refractivity contribution in [1.29, 1.82) is 5.26 Å². The number of ether oxygens (including phenoxy) is 3. The zero-order valence-corrected chi connectivity index (χ0v) is 18.3. The minimum Gasteiger partial charge on any atom is -0.493 e. The number of benzene rings is 2. The Labute approximate surface area is 193 Å². The van der Waals surface area contributed by atoms with E-state index in [1.54, 1.807) is 24.3 Å². The Balaban J connectivity index is 1.92. The normalized spacial score (nSPS) is 14.8. The van der Waals surface area contributed by atoms with Crippen molar-refractivity contribution in [2.75, 3.05) is 13.7 Å². The van der Waals surface area contributed by atoms with Gasteiger partial charge in [0.2, 0.25) is 11.8 Å². The summed E-state index contributed by atoms with van der Waals surface area (Å²) in [5.74, 6) is 0.330. The first kappa shape index (κ1) is 22.0. The van der Waals surface area contributed by atoms with E-state index in [0.717, 1.165) is 0 Å². The van der Waals surface area contributed by atoms with Gasteiger partial charge in [-0.1, -0.05) is 17.7 Å². The molecule has 0 radical (unpaired) electrons. The van der Waals surface area contributed by atoms with Gasteiger partial charge in [0.25, 0.3) is 5.69 Å². The smallest absolute Gasteiger partial charge is 0.288 e. The second-order valence-corrected chi connectivity index (χ2v) is 7.42. The quantitative estimate of drug-likeness (QED) is 0.403. The van der Waals surface area contributed by atoms with Crippen LogP contribution in [0.2, 0.25) is 5.02 Å². The molecule has 3 N–H and O–H groups in total. The number of methoxy groups -OCH3 is 1. The molecule has 3 aromatic rings. The van der Waals surface area contributed by atoms with Crippen LogP contribution >= 0.6 is 11.6 Å². The lowest BCUT2D eigenvalue weighted by atomic mass is 9.83. The van der Waals surface area contributed by atoms with Crippen molar-refractivity contribution in [3.8, 4) is 34.7 Å². The lowest BCUT2D eigenvalue weighted by molar-refractivity contribution is -0.384. The first-order valence-corrected chi connectivity index (χ1v) is 10.2. The van der Waals surface area contributed by atoms with E-state index in [2.05, 4.69) is 16.3 Å². The van der Waals surface area contributed by atoms with Crippen LogP contribution in [0.1, 0.15) is 24.0 Å². The molecule has 0 unspecified atom stereocenters. The fourth-order valence-corrected chi connectivity index (χ4v) is 3.93. The average Bonchev–Trinajstić information content (AvgIpc) is 3.22. The van der Waals surface area contributed by atoms with E-state index in [1.807, 2.05) is 6.92 Å². The van der Waals surface area contributed by atoms with Crippen LogP contribution in [0.5, 0.6) is 17.4 Å².